The number of nitrogens with one attached hydrogen (secondary N) is 1. The summed E-state index contributed by atoms with van der Waals surface area (Å²) in [5.41, 5.74) is 2.24. The maximum Gasteiger partial charge on any atom is 0.236 e. The number of hydrogen-bond donors (Lipinski definition) is 2. The van der Waals surface area contributed by atoms with Crippen molar-refractivity contribution in [3.63, 3.8) is 0 Å². The van der Waals surface area contributed by atoms with Crippen LogP contribution in [-0.4, -0.2) is 5.91 Å². The number of rotatable bonds is 3. The van der Waals surface area contributed by atoms with Crippen LogP contribution in [0.1, 0.15) is 45.4 Å². The molecule has 1 fully saturated rings. The number of amides is 1. The Kier molecular flexibility index (Phi) is 4.22. The van der Waals surface area contributed by atoms with Crippen molar-refractivity contribution in [2.75, 3.05) is 0 Å². The molecule has 76 valence electrons. The number of hydrogen-bond acceptors (Lipinski definition) is 2. The van der Waals surface area contributed by atoms with Gasteiger partial charge < -0.3 is 0 Å². The van der Waals surface area contributed by atoms with Crippen LogP contribution in [0.25, 0.3) is 0 Å². The highest BCUT2D eigenvalue weighted by molar-refractivity contribution is 5.77. The van der Waals surface area contributed by atoms with Crippen molar-refractivity contribution < 1.29 is 4.79 Å². The Morgan fingerprint density at radius 2 is 2.00 bits per heavy atom. The lowest BCUT2D eigenvalue weighted by Gasteiger charge is -2.26. The minimum absolute atomic E-state index is 0.0231. The number of nitrogens with two attached hydrogens (primary N) is 1. The van der Waals surface area contributed by atoms with Crippen molar-refractivity contribution >= 4 is 5.91 Å². The zero-order valence-corrected chi connectivity index (χ0v) is 8.38. The van der Waals surface area contributed by atoms with Gasteiger partial charge in [-0.05, 0) is 31.6 Å². The molecule has 0 aromatic carbocycles. The average Bonchev–Trinajstić information content (AvgIpc) is 2.18. The highest BCUT2D eigenvalue weighted by Crippen LogP contribution is 2.31. The van der Waals surface area contributed by atoms with Crippen LogP contribution in [0.2, 0.25) is 0 Å². The highest BCUT2D eigenvalue weighted by Gasteiger charge is 2.24. The summed E-state index contributed by atoms with van der Waals surface area (Å²) >= 11 is 0. The van der Waals surface area contributed by atoms with Gasteiger partial charge in [0, 0.05) is 5.92 Å². The molecule has 0 spiro atoms. The van der Waals surface area contributed by atoms with Crippen LogP contribution in [0.15, 0.2) is 0 Å². The molecule has 0 saturated heterocycles. The SMILES string of the molecule is CCCC1CCC(C(=O)NN)CC1. The first-order valence-corrected chi connectivity index (χ1v) is 5.28. The van der Waals surface area contributed by atoms with Crippen LogP contribution in [0.3, 0.4) is 0 Å². The summed E-state index contributed by atoms with van der Waals surface area (Å²) in [5.74, 6) is 6.15. The minimum atomic E-state index is 0.0231. The quantitative estimate of drug-likeness (QED) is 0.397. The largest absolute Gasteiger partial charge is 0.294 e. The van der Waals surface area contributed by atoms with Gasteiger partial charge in [0.1, 0.15) is 0 Å². The van der Waals surface area contributed by atoms with Gasteiger partial charge in [0.05, 0.1) is 0 Å². The van der Waals surface area contributed by atoms with Crippen molar-refractivity contribution in [1.29, 1.82) is 0 Å². The van der Waals surface area contributed by atoms with Gasteiger partial charge in [0.2, 0.25) is 5.91 Å². The van der Waals surface area contributed by atoms with E-state index in [1.165, 1.54) is 25.7 Å². The summed E-state index contributed by atoms with van der Waals surface area (Å²) < 4.78 is 0. The van der Waals surface area contributed by atoms with E-state index in [4.69, 9.17) is 5.84 Å². The molecule has 0 bridgehead atoms. The number of carbonyl (C=O) groups is 1. The molecule has 0 aromatic heterocycles. The molecule has 0 aromatic rings. The fourth-order valence-corrected chi connectivity index (χ4v) is 2.24. The highest BCUT2D eigenvalue weighted by atomic mass is 16.2. The lowest BCUT2D eigenvalue weighted by atomic mass is 9.80. The molecule has 0 unspecified atom stereocenters. The molecule has 0 aliphatic heterocycles. The van der Waals surface area contributed by atoms with Crippen LogP contribution in [-0.2, 0) is 4.79 Å². The van der Waals surface area contributed by atoms with E-state index >= 15 is 0 Å². The lowest BCUT2D eigenvalue weighted by molar-refractivity contribution is -0.126. The molecule has 1 amide bonds. The average molecular weight is 184 g/mol. The van der Waals surface area contributed by atoms with Crippen LogP contribution in [0.5, 0.6) is 0 Å². The molecular weight excluding hydrogens is 164 g/mol. The van der Waals surface area contributed by atoms with Gasteiger partial charge in [-0.25, -0.2) is 5.84 Å². The van der Waals surface area contributed by atoms with Crippen LogP contribution in [0.4, 0.5) is 0 Å². The first-order valence-electron chi connectivity index (χ1n) is 5.28. The molecule has 3 heteroatoms. The molecule has 0 atom stereocenters. The molecular formula is C10H20N2O. The molecule has 13 heavy (non-hydrogen) atoms. The number of carbonyl (C=O) groups excluding carboxylic acids is 1. The lowest BCUT2D eigenvalue weighted by Crippen LogP contribution is -2.37. The topological polar surface area (TPSA) is 55.1 Å². The third-order valence-corrected chi connectivity index (χ3v) is 3.06. The Labute approximate surface area is 80.0 Å². The van der Waals surface area contributed by atoms with Gasteiger partial charge in [-0.1, -0.05) is 19.8 Å². The second-order valence-corrected chi connectivity index (χ2v) is 4.01. The zero-order valence-electron chi connectivity index (χ0n) is 8.38. The Bertz CT molecular complexity index is 162. The standard InChI is InChI=1S/C10H20N2O/c1-2-3-8-4-6-9(7-5-8)10(13)12-11/h8-9H,2-7,11H2,1H3,(H,12,13). The van der Waals surface area contributed by atoms with E-state index in [2.05, 4.69) is 12.3 Å². The molecule has 1 rings (SSSR count). The molecule has 1 aliphatic rings. The molecule has 1 aliphatic carbocycles. The summed E-state index contributed by atoms with van der Waals surface area (Å²) in [6, 6.07) is 0. The van der Waals surface area contributed by atoms with Gasteiger partial charge in [-0.3, -0.25) is 10.2 Å². The van der Waals surface area contributed by atoms with Gasteiger partial charge in [-0.15, -0.1) is 0 Å². The maximum absolute atomic E-state index is 11.2. The summed E-state index contributed by atoms with van der Waals surface area (Å²) in [4.78, 5) is 11.2. The van der Waals surface area contributed by atoms with E-state index in [1.54, 1.807) is 0 Å². The van der Waals surface area contributed by atoms with Crippen LogP contribution >= 0.6 is 0 Å². The van der Waals surface area contributed by atoms with Gasteiger partial charge in [0.25, 0.3) is 0 Å². The minimum Gasteiger partial charge on any atom is -0.294 e. The predicted molar refractivity (Wildman–Crippen MR) is 52.7 cm³/mol. The Morgan fingerprint density at radius 1 is 1.38 bits per heavy atom. The Hall–Kier alpha value is -0.570. The third kappa shape index (κ3) is 2.99. The smallest absolute Gasteiger partial charge is 0.236 e. The molecule has 0 radical (unpaired) electrons. The van der Waals surface area contributed by atoms with E-state index in [1.807, 2.05) is 0 Å². The van der Waals surface area contributed by atoms with Crippen molar-refractivity contribution in [1.82, 2.24) is 5.43 Å². The molecule has 1 saturated carbocycles. The van der Waals surface area contributed by atoms with E-state index in [-0.39, 0.29) is 11.8 Å². The fourth-order valence-electron chi connectivity index (χ4n) is 2.24. The first kappa shape index (κ1) is 10.5. The molecule has 0 heterocycles. The first-order chi connectivity index (χ1) is 6.27. The maximum atomic E-state index is 11.2. The molecule has 3 nitrogen and oxygen atoms in total. The fraction of sp³-hybridized carbons (Fsp3) is 0.900. The second kappa shape index (κ2) is 5.22. The molecule has 3 N–H and O–H groups in total. The van der Waals surface area contributed by atoms with E-state index in [0.29, 0.717) is 0 Å². The summed E-state index contributed by atoms with van der Waals surface area (Å²) in [5, 5.41) is 0. The third-order valence-electron chi connectivity index (χ3n) is 3.06. The van der Waals surface area contributed by atoms with Gasteiger partial charge >= 0.3 is 0 Å². The summed E-state index contributed by atoms with van der Waals surface area (Å²) in [6.07, 6.45) is 7.02. The van der Waals surface area contributed by atoms with Crippen molar-refractivity contribution in [3.8, 4) is 0 Å². The van der Waals surface area contributed by atoms with Crippen molar-refractivity contribution in [2.24, 2.45) is 17.7 Å². The monoisotopic (exact) mass is 184 g/mol. The van der Waals surface area contributed by atoms with E-state index < -0.39 is 0 Å². The Balaban J connectivity index is 2.26. The van der Waals surface area contributed by atoms with Gasteiger partial charge in [0.15, 0.2) is 0 Å². The van der Waals surface area contributed by atoms with Crippen LogP contribution in [0, 0.1) is 11.8 Å². The summed E-state index contributed by atoms with van der Waals surface area (Å²) in [6.45, 7) is 2.22. The number of hydrazine groups is 1. The van der Waals surface area contributed by atoms with Crippen molar-refractivity contribution in [3.05, 3.63) is 0 Å². The Morgan fingerprint density at radius 3 is 2.46 bits per heavy atom. The van der Waals surface area contributed by atoms with Gasteiger partial charge in [-0.2, -0.15) is 0 Å². The van der Waals surface area contributed by atoms with E-state index in [0.717, 1.165) is 18.8 Å². The van der Waals surface area contributed by atoms with Crippen LogP contribution < -0.4 is 11.3 Å². The van der Waals surface area contributed by atoms with E-state index in [9.17, 15) is 4.79 Å². The van der Waals surface area contributed by atoms with Crippen molar-refractivity contribution in [2.45, 2.75) is 45.4 Å². The second-order valence-electron chi connectivity index (χ2n) is 4.01. The normalized spacial score (nSPS) is 28.5. The predicted octanol–water partition coefficient (Wildman–Crippen LogP) is 1.58. The zero-order chi connectivity index (χ0) is 9.68. The summed E-state index contributed by atoms with van der Waals surface area (Å²) in [7, 11) is 0.